The molecule has 0 radical (unpaired) electrons. The number of rotatable bonds is 5. The van der Waals surface area contributed by atoms with Gasteiger partial charge in [0, 0.05) is 38.4 Å². The number of hydrogen-bond acceptors (Lipinski definition) is 5. The number of hydrogen-bond donors (Lipinski definition) is 0. The first-order valence-electron chi connectivity index (χ1n) is 9.11. The molecule has 1 aromatic carbocycles. The Morgan fingerprint density at radius 2 is 2.07 bits per heavy atom. The summed E-state index contributed by atoms with van der Waals surface area (Å²) in [7, 11) is 2.01. The van der Waals surface area contributed by atoms with Gasteiger partial charge in [-0.05, 0) is 31.5 Å². The average Bonchev–Trinajstić information content (AvgIpc) is 3.09. The van der Waals surface area contributed by atoms with Crippen LogP contribution in [0.5, 0.6) is 11.6 Å². The van der Waals surface area contributed by atoms with Gasteiger partial charge in [0.1, 0.15) is 0 Å². The largest absolute Gasteiger partial charge is 0.434 e. The molecule has 3 aromatic rings. The zero-order valence-electron chi connectivity index (χ0n) is 15.3. The van der Waals surface area contributed by atoms with Gasteiger partial charge in [0.15, 0.2) is 11.6 Å². The van der Waals surface area contributed by atoms with E-state index >= 15 is 0 Å². The van der Waals surface area contributed by atoms with Crippen molar-refractivity contribution in [3.63, 3.8) is 0 Å². The summed E-state index contributed by atoms with van der Waals surface area (Å²) in [6, 6.07) is 6.31. The molecule has 1 aliphatic heterocycles. The maximum absolute atomic E-state index is 13.8. The van der Waals surface area contributed by atoms with Crippen LogP contribution in [0, 0.1) is 5.82 Å². The Hall–Kier alpha value is -2.80. The number of piperidine rings is 1. The Balaban J connectivity index is 1.46. The highest BCUT2D eigenvalue weighted by Crippen LogP contribution is 2.28. The number of aromatic nitrogens is 4. The van der Waals surface area contributed by atoms with Gasteiger partial charge in [0.2, 0.25) is 5.88 Å². The van der Waals surface area contributed by atoms with Gasteiger partial charge >= 0.3 is 0 Å². The highest BCUT2D eigenvalue weighted by molar-refractivity contribution is 5.28. The number of likely N-dealkylation sites (tertiary alicyclic amines) is 1. The van der Waals surface area contributed by atoms with Crippen molar-refractivity contribution >= 4 is 0 Å². The van der Waals surface area contributed by atoms with Crippen molar-refractivity contribution in [1.29, 1.82) is 0 Å². The van der Waals surface area contributed by atoms with E-state index in [9.17, 15) is 4.39 Å². The van der Waals surface area contributed by atoms with E-state index in [1.807, 2.05) is 24.1 Å². The molecule has 1 fully saturated rings. The molecule has 4 rings (SSSR count). The molecule has 0 spiro atoms. The van der Waals surface area contributed by atoms with Crippen LogP contribution in [-0.2, 0) is 13.6 Å². The number of para-hydroxylation sites is 1. The second-order valence-corrected chi connectivity index (χ2v) is 6.88. The van der Waals surface area contributed by atoms with Crippen molar-refractivity contribution in [2.75, 3.05) is 13.1 Å². The second-order valence-electron chi connectivity index (χ2n) is 6.88. The molecular weight excluding hydrogens is 345 g/mol. The van der Waals surface area contributed by atoms with Gasteiger partial charge < -0.3 is 9.30 Å². The molecule has 0 amide bonds. The van der Waals surface area contributed by atoms with E-state index in [1.54, 1.807) is 24.4 Å². The van der Waals surface area contributed by atoms with Crippen molar-refractivity contribution in [1.82, 2.24) is 24.4 Å². The number of benzene rings is 1. The van der Waals surface area contributed by atoms with Crippen LogP contribution in [0.15, 0.2) is 49.2 Å². The summed E-state index contributed by atoms with van der Waals surface area (Å²) in [6.45, 7) is 2.83. The van der Waals surface area contributed by atoms with Crippen molar-refractivity contribution < 1.29 is 9.13 Å². The van der Waals surface area contributed by atoms with Gasteiger partial charge in [-0.1, -0.05) is 12.1 Å². The number of imidazole rings is 1. The molecule has 140 valence electrons. The summed E-state index contributed by atoms with van der Waals surface area (Å²) >= 11 is 0. The standard InChI is InChI=1S/C20H22FN5O/c1-25-14-23-9-16(25)13-26-8-4-5-15(12-26)18-10-22-11-20(24-18)27-19-7-3-2-6-17(19)21/h2-3,6-7,9-11,14-15H,4-5,8,12-13H2,1H3/t15-/m1/s1. The molecule has 1 aliphatic rings. The average molecular weight is 367 g/mol. The number of ether oxygens (including phenoxy) is 1. The number of halogens is 1. The molecule has 2 aromatic heterocycles. The molecule has 0 saturated carbocycles. The van der Waals surface area contributed by atoms with Crippen molar-refractivity contribution in [2.24, 2.45) is 7.05 Å². The first-order valence-corrected chi connectivity index (χ1v) is 9.11. The summed E-state index contributed by atoms with van der Waals surface area (Å²) in [5.74, 6) is 0.347. The fourth-order valence-corrected chi connectivity index (χ4v) is 3.46. The lowest BCUT2D eigenvalue weighted by Crippen LogP contribution is -2.34. The lowest BCUT2D eigenvalue weighted by Gasteiger charge is -2.32. The second kappa shape index (κ2) is 7.84. The summed E-state index contributed by atoms with van der Waals surface area (Å²) in [6.07, 6.45) is 9.19. The summed E-state index contributed by atoms with van der Waals surface area (Å²) in [5, 5.41) is 0. The van der Waals surface area contributed by atoms with E-state index in [4.69, 9.17) is 4.74 Å². The third-order valence-electron chi connectivity index (χ3n) is 4.91. The van der Waals surface area contributed by atoms with Gasteiger partial charge in [0.05, 0.1) is 23.9 Å². The first kappa shape index (κ1) is 17.6. The third-order valence-corrected chi connectivity index (χ3v) is 4.91. The molecular formula is C20H22FN5O. The fourth-order valence-electron chi connectivity index (χ4n) is 3.46. The van der Waals surface area contributed by atoms with Gasteiger partial charge in [-0.15, -0.1) is 0 Å². The Labute approximate surface area is 157 Å². The molecule has 1 saturated heterocycles. The minimum Gasteiger partial charge on any atom is -0.434 e. The lowest BCUT2D eigenvalue weighted by molar-refractivity contribution is 0.194. The molecule has 7 heteroatoms. The predicted octanol–water partition coefficient (Wildman–Crippen LogP) is 3.52. The summed E-state index contributed by atoms with van der Waals surface area (Å²) < 4.78 is 21.5. The molecule has 0 bridgehead atoms. The van der Waals surface area contributed by atoms with Crippen LogP contribution in [0.2, 0.25) is 0 Å². The van der Waals surface area contributed by atoms with Crippen LogP contribution in [-0.4, -0.2) is 37.5 Å². The van der Waals surface area contributed by atoms with E-state index in [0.29, 0.717) is 5.88 Å². The Morgan fingerprint density at radius 3 is 2.89 bits per heavy atom. The van der Waals surface area contributed by atoms with Crippen LogP contribution in [0.25, 0.3) is 0 Å². The van der Waals surface area contributed by atoms with E-state index < -0.39 is 5.82 Å². The lowest BCUT2D eigenvalue weighted by atomic mass is 9.95. The van der Waals surface area contributed by atoms with Gasteiger partial charge in [0.25, 0.3) is 0 Å². The molecule has 0 unspecified atom stereocenters. The van der Waals surface area contributed by atoms with Crippen LogP contribution in [0.3, 0.4) is 0 Å². The van der Waals surface area contributed by atoms with Gasteiger partial charge in [-0.2, -0.15) is 0 Å². The highest BCUT2D eigenvalue weighted by atomic mass is 19.1. The molecule has 0 aliphatic carbocycles. The van der Waals surface area contributed by atoms with Gasteiger partial charge in [-0.3, -0.25) is 9.88 Å². The van der Waals surface area contributed by atoms with E-state index in [-0.39, 0.29) is 11.7 Å². The Bertz CT molecular complexity index is 913. The van der Waals surface area contributed by atoms with E-state index in [0.717, 1.165) is 38.2 Å². The normalized spacial score (nSPS) is 17.8. The SMILES string of the molecule is Cn1cncc1CN1CCC[C@@H](c2cncc(Oc3ccccc3F)n2)C1. The smallest absolute Gasteiger partial charge is 0.238 e. The molecule has 6 nitrogen and oxygen atoms in total. The Kier molecular flexibility index (Phi) is 5.11. The van der Waals surface area contributed by atoms with Crippen LogP contribution >= 0.6 is 0 Å². The maximum atomic E-state index is 13.8. The highest BCUT2D eigenvalue weighted by Gasteiger charge is 2.24. The van der Waals surface area contributed by atoms with Crippen LogP contribution in [0.4, 0.5) is 4.39 Å². The maximum Gasteiger partial charge on any atom is 0.238 e. The fraction of sp³-hybridized carbons (Fsp3) is 0.350. The molecule has 27 heavy (non-hydrogen) atoms. The number of nitrogens with zero attached hydrogens (tertiary/aromatic N) is 5. The van der Waals surface area contributed by atoms with Crippen molar-refractivity contribution in [2.45, 2.75) is 25.3 Å². The van der Waals surface area contributed by atoms with Crippen molar-refractivity contribution in [3.8, 4) is 11.6 Å². The Morgan fingerprint density at radius 1 is 1.19 bits per heavy atom. The minimum atomic E-state index is -0.412. The first-order chi connectivity index (χ1) is 13.2. The quantitative estimate of drug-likeness (QED) is 0.691. The van der Waals surface area contributed by atoms with Crippen molar-refractivity contribution in [3.05, 3.63) is 66.4 Å². The van der Waals surface area contributed by atoms with Crippen LogP contribution in [0.1, 0.15) is 30.1 Å². The zero-order chi connectivity index (χ0) is 18.6. The monoisotopic (exact) mass is 367 g/mol. The minimum absolute atomic E-state index is 0.158. The topological polar surface area (TPSA) is 56.1 Å². The van der Waals surface area contributed by atoms with E-state index in [2.05, 4.69) is 19.9 Å². The summed E-state index contributed by atoms with van der Waals surface area (Å²) in [4.78, 5) is 15.4. The molecule has 1 atom stereocenters. The summed E-state index contributed by atoms with van der Waals surface area (Å²) in [5.41, 5.74) is 2.08. The molecule has 0 N–H and O–H groups in total. The van der Waals surface area contributed by atoms with E-state index in [1.165, 1.54) is 18.0 Å². The predicted molar refractivity (Wildman–Crippen MR) is 99.0 cm³/mol. The molecule has 3 heterocycles. The zero-order valence-corrected chi connectivity index (χ0v) is 15.3. The third kappa shape index (κ3) is 4.14. The van der Waals surface area contributed by atoms with Gasteiger partial charge in [-0.25, -0.2) is 14.4 Å². The number of aryl methyl sites for hydroxylation is 1. The van der Waals surface area contributed by atoms with Crippen LogP contribution < -0.4 is 4.74 Å².